The van der Waals surface area contributed by atoms with Crippen LogP contribution >= 0.6 is 11.8 Å². The Kier molecular flexibility index (Phi) is 3.89. The Balaban J connectivity index is 1.92. The molecule has 2 aliphatic rings. The van der Waals surface area contributed by atoms with E-state index in [1.54, 1.807) is 16.7 Å². The number of carbonyl (C=O) groups is 1. The van der Waals surface area contributed by atoms with Crippen molar-refractivity contribution < 1.29 is 9.90 Å². The van der Waals surface area contributed by atoms with Crippen LogP contribution < -0.4 is 5.73 Å². The Morgan fingerprint density at radius 2 is 2.19 bits per heavy atom. The number of amides is 1. The monoisotopic (exact) mass is 242 g/mol. The van der Waals surface area contributed by atoms with Gasteiger partial charge in [0.1, 0.15) is 6.04 Å². The van der Waals surface area contributed by atoms with E-state index < -0.39 is 12.1 Å². The summed E-state index contributed by atoms with van der Waals surface area (Å²) >= 11 is 1.65. The number of nitrogens with zero attached hydrogens (tertiary/aromatic N) is 1. The van der Waals surface area contributed by atoms with Crippen molar-refractivity contribution in [3.05, 3.63) is 11.5 Å². The van der Waals surface area contributed by atoms with Gasteiger partial charge in [0.2, 0.25) is 5.91 Å². The average Bonchev–Trinajstić information content (AvgIpc) is 2.97. The first kappa shape index (κ1) is 12.0. The van der Waals surface area contributed by atoms with E-state index in [-0.39, 0.29) is 11.8 Å². The van der Waals surface area contributed by atoms with E-state index in [4.69, 9.17) is 5.73 Å². The van der Waals surface area contributed by atoms with E-state index in [0.717, 1.165) is 31.7 Å². The summed E-state index contributed by atoms with van der Waals surface area (Å²) in [7, 11) is 0. The lowest BCUT2D eigenvalue weighted by molar-refractivity contribution is -0.134. The molecule has 2 unspecified atom stereocenters. The molecule has 0 radical (unpaired) electrons. The fourth-order valence-corrected chi connectivity index (χ4v) is 3.11. The molecule has 2 heterocycles. The van der Waals surface area contributed by atoms with E-state index in [9.17, 15) is 9.90 Å². The number of likely N-dealkylation sites (tertiary alicyclic amines) is 1. The molecule has 3 atom stereocenters. The van der Waals surface area contributed by atoms with Gasteiger partial charge >= 0.3 is 0 Å². The summed E-state index contributed by atoms with van der Waals surface area (Å²) in [4.78, 5) is 13.7. The topological polar surface area (TPSA) is 66.6 Å². The summed E-state index contributed by atoms with van der Waals surface area (Å²) < 4.78 is 0. The molecule has 4 nitrogen and oxygen atoms in total. The first-order valence-electron chi connectivity index (χ1n) is 5.71. The molecule has 1 fully saturated rings. The van der Waals surface area contributed by atoms with E-state index in [2.05, 4.69) is 0 Å². The molecule has 90 valence electrons. The molecule has 5 heteroatoms. The van der Waals surface area contributed by atoms with Gasteiger partial charge in [0.15, 0.2) is 0 Å². The van der Waals surface area contributed by atoms with E-state index in [1.807, 2.05) is 11.5 Å². The van der Waals surface area contributed by atoms with Crippen LogP contribution in [0.25, 0.3) is 0 Å². The lowest BCUT2D eigenvalue weighted by Crippen LogP contribution is -2.51. The van der Waals surface area contributed by atoms with Crippen LogP contribution in [0, 0.1) is 5.92 Å². The number of aliphatic hydroxyl groups excluding tert-OH is 1. The number of hydrogen-bond donors (Lipinski definition) is 2. The van der Waals surface area contributed by atoms with Crippen LogP contribution in [-0.4, -0.2) is 46.9 Å². The minimum Gasteiger partial charge on any atom is -0.390 e. The first-order valence-corrected chi connectivity index (χ1v) is 6.76. The highest BCUT2D eigenvalue weighted by Crippen LogP contribution is 2.25. The van der Waals surface area contributed by atoms with Gasteiger partial charge in [-0.1, -0.05) is 6.08 Å². The third-order valence-corrected chi connectivity index (χ3v) is 4.15. The molecular formula is C11H18N2O2S. The summed E-state index contributed by atoms with van der Waals surface area (Å²) in [6.45, 7) is 1.57. The Hall–Kier alpha value is -0.520. The molecule has 0 aromatic carbocycles. The second kappa shape index (κ2) is 5.21. The van der Waals surface area contributed by atoms with Crippen LogP contribution in [0.15, 0.2) is 11.5 Å². The molecule has 1 saturated heterocycles. The number of hydrogen-bond acceptors (Lipinski definition) is 4. The smallest absolute Gasteiger partial charge is 0.242 e. The maximum atomic E-state index is 12.0. The lowest BCUT2D eigenvalue weighted by atomic mass is 9.97. The van der Waals surface area contributed by atoms with E-state index >= 15 is 0 Å². The van der Waals surface area contributed by atoms with Gasteiger partial charge in [0.05, 0.1) is 6.10 Å². The minimum absolute atomic E-state index is 0.0200. The minimum atomic E-state index is -0.772. The van der Waals surface area contributed by atoms with Gasteiger partial charge in [0.25, 0.3) is 0 Å². The van der Waals surface area contributed by atoms with Gasteiger partial charge in [-0.15, -0.1) is 11.8 Å². The Morgan fingerprint density at radius 1 is 1.50 bits per heavy atom. The highest BCUT2D eigenvalue weighted by molar-refractivity contribution is 8.02. The van der Waals surface area contributed by atoms with Crippen LogP contribution in [0.3, 0.4) is 0 Å². The summed E-state index contributed by atoms with van der Waals surface area (Å²) in [5.74, 6) is 0.740. The van der Waals surface area contributed by atoms with Crippen molar-refractivity contribution in [2.75, 3.05) is 18.8 Å². The SMILES string of the molecule is NC(C(=O)N1CCCC1)[C@H](O)C1C=CSC1. The molecule has 0 bridgehead atoms. The maximum absolute atomic E-state index is 12.0. The van der Waals surface area contributed by atoms with Crippen molar-refractivity contribution in [2.45, 2.75) is 25.0 Å². The van der Waals surface area contributed by atoms with Crippen molar-refractivity contribution in [1.29, 1.82) is 0 Å². The zero-order valence-electron chi connectivity index (χ0n) is 9.21. The molecular weight excluding hydrogens is 224 g/mol. The Labute approximate surface area is 99.9 Å². The highest BCUT2D eigenvalue weighted by Gasteiger charge is 2.33. The maximum Gasteiger partial charge on any atom is 0.242 e. The summed E-state index contributed by atoms with van der Waals surface area (Å²) in [6.07, 6.45) is 3.29. The second-order valence-corrected chi connectivity index (χ2v) is 5.31. The van der Waals surface area contributed by atoms with Gasteiger partial charge in [0, 0.05) is 24.8 Å². The second-order valence-electron chi connectivity index (χ2n) is 4.37. The van der Waals surface area contributed by atoms with Crippen LogP contribution in [0.5, 0.6) is 0 Å². The normalized spacial score (nSPS) is 28.4. The standard InChI is InChI=1S/C11H18N2O2S/c12-9(10(14)8-3-6-16-7-8)11(15)13-4-1-2-5-13/h3,6,8-10,14H,1-2,4-5,7,12H2/t8?,9?,10-/m1/s1. The molecule has 0 saturated carbocycles. The van der Waals surface area contributed by atoms with Crippen molar-refractivity contribution in [2.24, 2.45) is 11.7 Å². The quantitative estimate of drug-likeness (QED) is 0.740. The molecule has 16 heavy (non-hydrogen) atoms. The van der Waals surface area contributed by atoms with Gasteiger partial charge in [-0.2, -0.15) is 0 Å². The number of aliphatic hydroxyl groups is 1. The number of thioether (sulfide) groups is 1. The molecule has 3 N–H and O–H groups in total. The zero-order chi connectivity index (χ0) is 11.5. The largest absolute Gasteiger partial charge is 0.390 e. The van der Waals surface area contributed by atoms with Gasteiger partial charge in [-0.3, -0.25) is 4.79 Å². The van der Waals surface area contributed by atoms with Crippen molar-refractivity contribution >= 4 is 17.7 Å². The van der Waals surface area contributed by atoms with Crippen LogP contribution in [0.1, 0.15) is 12.8 Å². The summed E-state index contributed by atoms with van der Waals surface area (Å²) in [6, 6.07) is -0.772. The summed E-state index contributed by atoms with van der Waals surface area (Å²) in [5.41, 5.74) is 5.84. The molecule has 0 aromatic heterocycles. The molecule has 1 amide bonds. The van der Waals surface area contributed by atoms with Gasteiger partial charge < -0.3 is 15.7 Å². The fraction of sp³-hybridized carbons (Fsp3) is 0.727. The van der Waals surface area contributed by atoms with Crippen molar-refractivity contribution in [3.63, 3.8) is 0 Å². The lowest BCUT2D eigenvalue weighted by Gasteiger charge is -2.26. The molecule has 0 aromatic rings. The third-order valence-electron chi connectivity index (χ3n) is 3.22. The van der Waals surface area contributed by atoms with Gasteiger partial charge in [-0.25, -0.2) is 0 Å². The van der Waals surface area contributed by atoms with E-state index in [1.165, 1.54) is 0 Å². The van der Waals surface area contributed by atoms with E-state index in [0.29, 0.717) is 0 Å². The van der Waals surface area contributed by atoms with Crippen LogP contribution in [0.2, 0.25) is 0 Å². The van der Waals surface area contributed by atoms with Crippen LogP contribution in [0.4, 0.5) is 0 Å². The average molecular weight is 242 g/mol. The third kappa shape index (κ3) is 2.42. The van der Waals surface area contributed by atoms with Crippen LogP contribution in [-0.2, 0) is 4.79 Å². The van der Waals surface area contributed by atoms with Crippen molar-refractivity contribution in [3.8, 4) is 0 Å². The fourth-order valence-electron chi connectivity index (χ4n) is 2.15. The summed E-state index contributed by atoms with van der Waals surface area (Å²) in [5, 5.41) is 12.0. The molecule has 2 rings (SSSR count). The number of nitrogens with two attached hydrogens (primary N) is 1. The predicted octanol–water partition coefficient (Wildman–Crippen LogP) is 0.174. The molecule has 0 spiro atoms. The highest BCUT2D eigenvalue weighted by atomic mass is 32.2. The molecule has 2 aliphatic heterocycles. The first-order chi connectivity index (χ1) is 7.70. The van der Waals surface area contributed by atoms with Crippen molar-refractivity contribution in [1.82, 2.24) is 4.90 Å². The zero-order valence-corrected chi connectivity index (χ0v) is 10.0. The Morgan fingerprint density at radius 3 is 2.75 bits per heavy atom. The number of rotatable bonds is 3. The molecule has 0 aliphatic carbocycles. The predicted molar refractivity (Wildman–Crippen MR) is 64.9 cm³/mol. The van der Waals surface area contributed by atoms with Gasteiger partial charge in [-0.05, 0) is 18.2 Å². The Bertz CT molecular complexity index is 290. The number of carbonyl (C=O) groups excluding carboxylic acids is 1.